The minimum atomic E-state index is 0.247. The van der Waals surface area contributed by atoms with Gasteiger partial charge in [-0.05, 0) is 31.0 Å². The van der Waals surface area contributed by atoms with Crippen LogP contribution in [0.1, 0.15) is 49.7 Å². The summed E-state index contributed by atoms with van der Waals surface area (Å²) in [5, 5.41) is 10.4. The van der Waals surface area contributed by atoms with Crippen molar-refractivity contribution in [1.29, 1.82) is 5.26 Å². The number of benzene rings is 1. The van der Waals surface area contributed by atoms with Gasteiger partial charge in [-0.2, -0.15) is 5.26 Å². The van der Waals surface area contributed by atoms with E-state index in [1.54, 1.807) is 20.4 Å². The molecule has 34 heavy (non-hydrogen) atoms. The number of fused-ring (bicyclic) bond motifs is 1. The predicted octanol–water partition coefficient (Wildman–Crippen LogP) is 4.15. The molecule has 1 aliphatic carbocycles. The van der Waals surface area contributed by atoms with Crippen molar-refractivity contribution in [2.24, 2.45) is 0 Å². The van der Waals surface area contributed by atoms with E-state index >= 15 is 0 Å². The summed E-state index contributed by atoms with van der Waals surface area (Å²) in [5.41, 5.74) is 3.30. The highest BCUT2D eigenvalue weighted by Crippen LogP contribution is 2.35. The standard InChI is InChI=1S/C26H32N6O2/c1-33-22-8-9-23(24(15-22)34-2)31-12-10-30(11-13-31)18-21-14-19-17-28-25(16-27)29-26(19)32(21)20-6-4-3-5-7-20/h8-9,14-15,17,20H,3-7,10-13,18H2,1-2H3. The molecule has 0 spiro atoms. The second-order valence-electron chi connectivity index (χ2n) is 9.18. The van der Waals surface area contributed by atoms with Gasteiger partial charge in [0.1, 0.15) is 23.2 Å². The molecule has 0 amide bonds. The highest BCUT2D eigenvalue weighted by molar-refractivity contribution is 5.77. The van der Waals surface area contributed by atoms with Crippen LogP contribution in [0.5, 0.6) is 11.5 Å². The Hall–Kier alpha value is -3.31. The summed E-state index contributed by atoms with van der Waals surface area (Å²) >= 11 is 0. The first-order chi connectivity index (χ1) is 16.7. The Labute approximate surface area is 200 Å². The van der Waals surface area contributed by atoms with Gasteiger partial charge in [0.15, 0.2) is 0 Å². The zero-order valence-corrected chi connectivity index (χ0v) is 20.0. The molecule has 0 atom stereocenters. The SMILES string of the molecule is COc1ccc(N2CCN(Cc3cc4cnc(C#N)nc4n3C3CCCCC3)CC2)c(OC)c1. The van der Waals surface area contributed by atoms with Gasteiger partial charge in [-0.1, -0.05) is 19.3 Å². The van der Waals surface area contributed by atoms with Gasteiger partial charge in [0.2, 0.25) is 5.82 Å². The maximum absolute atomic E-state index is 9.34. The largest absolute Gasteiger partial charge is 0.497 e. The van der Waals surface area contributed by atoms with Crippen LogP contribution in [0.25, 0.3) is 11.0 Å². The summed E-state index contributed by atoms with van der Waals surface area (Å²) in [6.45, 7) is 4.69. The second kappa shape index (κ2) is 9.90. The number of nitriles is 1. The third-order valence-electron chi connectivity index (χ3n) is 7.18. The molecule has 0 unspecified atom stereocenters. The first-order valence-electron chi connectivity index (χ1n) is 12.2. The Morgan fingerprint density at radius 3 is 2.53 bits per heavy atom. The number of piperazine rings is 1. The number of aromatic nitrogens is 3. The molecule has 3 heterocycles. The average Bonchev–Trinajstić information content (AvgIpc) is 3.26. The lowest BCUT2D eigenvalue weighted by Crippen LogP contribution is -2.46. The zero-order valence-electron chi connectivity index (χ0n) is 20.0. The topological polar surface area (TPSA) is 79.4 Å². The molecule has 2 aromatic heterocycles. The Morgan fingerprint density at radius 1 is 1.03 bits per heavy atom. The number of hydrogen-bond acceptors (Lipinski definition) is 7. The van der Waals surface area contributed by atoms with Crippen molar-refractivity contribution < 1.29 is 9.47 Å². The monoisotopic (exact) mass is 460 g/mol. The van der Waals surface area contributed by atoms with Crippen molar-refractivity contribution in [3.05, 3.63) is 42.0 Å². The summed E-state index contributed by atoms with van der Waals surface area (Å²) in [6, 6.07) is 10.8. The Morgan fingerprint density at radius 2 is 1.82 bits per heavy atom. The Kier molecular flexibility index (Phi) is 6.54. The molecule has 3 aromatic rings. The maximum Gasteiger partial charge on any atom is 0.234 e. The van der Waals surface area contributed by atoms with Crippen LogP contribution < -0.4 is 14.4 Å². The van der Waals surface area contributed by atoms with Crippen LogP contribution in [-0.4, -0.2) is 59.8 Å². The smallest absolute Gasteiger partial charge is 0.234 e. The average molecular weight is 461 g/mol. The van der Waals surface area contributed by atoms with Gasteiger partial charge >= 0.3 is 0 Å². The van der Waals surface area contributed by atoms with E-state index in [9.17, 15) is 5.26 Å². The normalized spacial score (nSPS) is 17.6. The van der Waals surface area contributed by atoms with Crippen LogP contribution in [0.15, 0.2) is 30.5 Å². The predicted molar refractivity (Wildman–Crippen MR) is 131 cm³/mol. The fourth-order valence-electron chi connectivity index (χ4n) is 5.41. The van der Waals surface area contributed by atoms with E-state index in [1.807, 2.05) is 12.1 Å². The van der Waals surface area contributed by atoms with Gasteiger partial charge in [-0.3, -0.25) is 4.90 Å². The van der Waals surface area contributed by atoms with Crippen LogP contribution in [-0.2, 0) is 6.54 Å². The molecule has 1 aliphatic heterocycles. The van der Waals surface area contributed by atoms with E-state index in [-0.39, 0.29) is 5.82 Å². The molecule has 0 radical (unpaired) electrons. The maximum atomic E-state index is 9.34. The van der Waals surface area contributed by atoms with Gasteiger partial charge in [0, 0.05) is 62.1 Å². The number of anilines is 1. The summed E-state index contributed by atoms with van der Waals surface area (Å²) in [4.78, 5) is 13.7. The zero-order chi connectivity index (χ0) is 23.5. The first kappa shape index (κ1) is 22.5. The molecule has 1 saturated carbocycles. The third kappa shape index (κ3) is 4.40. The molecule has 8 heteroatoms. The van der Waals surface area contributed by atoms with Gasteiger partial charge in [-0.25, -0.2) is 9.97 Å². The lowest BCUT2D eigenvalue weighted by atomic mass is 9.95. The molecule has 1 aromatic carbocycles. The lowest BCUT2D eigenvalue weighted by Gasteiger charge is -2.37. The van der Waals surface area contributed by atoms with Crippen molar-refractivity contribution in [2.45, 2.75) is 44.7 Å². The molecule has 0 bridgehead atoms. The summed E-state index contributed by atoms with van der Waals surface area (Å²) < 4.78 is 13.4. The van der Waals surface area contributed by atoms with Crippen LogP contribution >= 0.6 is 0 Å². The highest BCUT2D eigenvalue weighted by Gasteiger charge is 2.25. The first-order valence-corrected chi connectivity index (χ1v) is 12.2. The minimum absolute atomic E-state index is 0.247. The van der Waals surface area contributed by atoms with E-state index in [2.05, 4.69) is 42.5 Å². The molecule has 5 rings (SSSR count). The van der Waals surface area contributed by atoms with Crippen LogP contribution in [0.3, 0.4) is 0 Å². The lowest BCUT2D eigenvalue weighted by molar-refractivity contribution is 0.237. The number of rotatable bonds is 6. The quantitative estimate of drug-likeness (QED) is 0.547. The van der Waals surface area contributed by atoms with E-state index < -0.39 is 0 Å². The molecule has 178 valence electrons. The van der Waals surface area contributed by atoms with E-state index in [4.69, 9.17) is 9.47 Å². The Balaban J connectivity index is 1.35. The van der Waals surface area contributed by atoms with Crippen molar-refractivity contribution in [1.82, 2.24) is 19.4 Å². The van der Waals surface area contributed by atoms with E-state index in [1.165, 1.54) is 37.8 Å². The van der Waals surface area contributed by atoms with Gasteiger partial charge in [0.25, 0.3) is 0 Å². The highest BCUT2D eigenvalue weighted by atomic mass is 16.5. The number of ether oxygens (including phenoxy) is 2. The fraction of sp³-hybridized carbons (Fsp3) is 0.500. The summed E-state index contributed by atoms with van der Waals surface area (Å²) in [6.07, 6.45) is 7.96. The van der Waals surface area contributed by atoms with Crippen LogP contribution in [0.2, 0.25) is 0 Å². The van der Waals surface area contributed by atoms with Crippen molar-refractivity contribution in [3.8, 4) is 17.6 Å². The summed E-state index contributed by atoms with van der Waals surface area (Å²) in [7, 11) is 3.38. The van der Waals surface area contributed by atoms with E-state index in [0.717, 1.165) is 60.9 Å². The molecule has 1 saturated heterocycles. The number of nitrogens with zero attached hydrogens (tertiary/aromatic N) is 6. The summed E-state index contributed by atoms with van der Waals surface area (Å²) in [5.74, 6) is 1.89. The van der Waals surface area contributed by atoms with Crippen molar-refractivity contribution >= 4 is 16.7 Å². The molecular weight excluding hydrogens is 428 g/mol. The third-order valence-corrected chi connectivity index (χ3v) is 7.18. The van der Waals surface area contributed by atoms with Gasteiger partial charge < -0.3 is 18.9 Å². The Bertz CT molecular complexity index is 1190. The van der Waals surface area contributed by atoms with Crippen LogP contribution in [0, 0.1) is 11.3 Å². The molecular formula is C26H32N6O2. The molecule has 2 fully saturated rings. The van der Waals surface area contributed by atoms with Crippen LogP contribution in [0.4, 0.5) is 5.69 Å². The molecule has 8 nitrogen and oxygen atoms in total. The van der Waals surface area contributed by atoms with Gasteiger partial charge in [0.05, 0.1) is 19.9 Å². The minimum Gasteiger partial charge on any atom is -0.497 e. The number of hydrogen-bond donors (Lipinski definition) is 0. The fourth-order valence-corrected chi connectivity index (χ4v) is 5.41. The molecule has 0 N–H and O–H groups in total. The number of methoxy groups -OCH3 is 2. The second-order valence-corrected chi connectivity index (χ2v) is 9.18. The van der Waals surface area contributed by atoms with Crippen molar-refractivity contribution in [3.63, 3.8) is 0 Å². The van der Waals surface area contributed by atoms with Crippen molar-refractivity contribution in [2.75, 3.05) is 45.3 Å². The van der Waals surface area contributed by atoms with Gasteiger partial charge in [-0.15, -0.1) is 0 Å². The molecule has 2 aliphatic rings. The van der Waals surface area contributed by atoms with E-state index in [0.29, 0.717) is 6.04 Å².